The molecule has 0 spiro atoms. The number of nitrogens with zero attached hydrogens (tertiary/aromatic N) is 3. The van der Waals surface area contributed by atoms with E-state index in [1.807, 2.05) is 52.6 Å². The summed E-state index contributed by atoms with van der Waals surface area (Å²) in [5, 5.41) is 1.24. The molecule has 1 aliphatic rings. The Labute approximate surface area is 170 Å². The Bertz CT molecular complexity index is 912. The molecule has 2 heterocycles. The molecule has 0 unspecified atom stereocenters. The quantitative estimate of drug-likeness (QED) is 0.572. The smallest absolute Gasteiger partial charge is 0.241 e. The van der Waals surface area contributed by atoms with Crippen molar-refractivity contribution in [2.75, 3.05) is 31.1 Å². The third kappa shape index (κ3) is 4.16. The molecule has 0 N–H and O–H groups in total. The predicted octanol–water partition coefficient (Wildman–Crippen LogP) is 4.69. The largest absolute Gasteiger partial charge is 0.308 e. The van der Waals surface area contributed by atoms with Gasteiger partial charge in [-0.25, -0.2) is 4.98 Å². The van der Waals surface area contributed by atoms with Crippen LogP contribution >= 0.6 is 11.3 Å². The lowest BCUT2D eigenvalue weighted by Gasteiger charge is -2.32. The molecular weight excluding hydrogens is 366 g/mol. The normalized spacial score (nSPS) is 15.6. The van der Waals surface area contributed by atoms with Gasteiger partial charge in [-0.2, -0.15) is 0 Å². The molecule has 28 heavy (non-hydrogen) atoms. The Morgan fingerprint density at radius 3 is 2.57 bits per heavy atom. The van der Waals surface area contributed by atoms with Crippen LogP contribution in [0.3, 0.4) is 0 Å². The third-order valence-corrected chi connectivity index (χ3v) is 6.49. The van der Waals surface area contributed by atoms with Gasteiger partial charge in [0.15, 0.2) is 0 Å². The van der Waals surface area contributed by atoms with Gasteiger partial charge < -0.3 is 4.90 Å². The Kier molecular flexibility index (Phi) is 5.84. The van der Waals surface area contributed by atoms with Gasteiger partial charge >= 0.3 is 0 Å². The average Bonchev–Trinajstić information content (AvgIpc) is 3.17. The number of likely N-dealkylation sites (tertiary alicyclic amines) is 1. The predicted molar refractivity (Wildman–Crippen MR) is 117 cm³/mol. The lowest BCUT2D eigenvalue weighted by Crippen LogP contribution is -2.43. The standard InChI is InChI=1S/C23H25N3OS/c1-2-14-26(19-8-4-3-5-9-19)22(27)17-25-15-12-18(13-16-25)23-24-20-10-6-7-11-21(20)28-23/h2-11,18H,1,12-17H2. The molecule has 0 saturated carbocycles. The number of hydrogen-bond acceptors (Lipinski definition) is 4. The third-order valence-electron chi connectivity index (χ3n) is 5.29. The molecule has 0 aliphatic carbocycles. The molecular formula is C23H25N3OS. The van der Waals surface area contributed by atoms with Crippen LogP contribution in [0.1, 0.15) is 23.8 Å². The summed E-state index contributed by atoms with van der Waals surface area (Å²) < 4.78 is 1.26. The average molecular weight is 392 g/mol. The Balaban J connectivity index is 1.36. The highest BCUT2D eigenvalue weighted by atomic mass is 32.1. The van der Waals surface area contributed by atoms with E-state index in [4.69, 9.17) is 4.98 Å². The van der Waals surface area contributed by atoms with Crippen molar-refractivity contribution < 1.29 is 4.79 Å². The molecule has 4 nitrogen and oxygen atoms in total. The Morgan fingerprint density at radius 2 is 1.86 bits per heavy atom. The second kappa shape index (κ2) is 8.67. The topological polar surface area (TPSA) is 36.4 Å². The minimum absolute atomic E-state index is 0.129. The summed E-state index contributed by atoms with van der Waals surface area (Å²) in [4.78, 5) is 21.8. The van der Waals surface area contributed by atoms with Gasteiger partial charge in [0.25, 0.3) is 0 Å². The highest BCUT2D eigenvalue weighted by molar-refractivity contribution is 7.18. The van der Waals surface area contributed by atoms with Crippen LogP contribution in [-0.2, 0) is 4.79 Å². The second-order valence-corrected chi connectivity index (χ2v) is 8.26. The summed E-state index contributed by atoms with van der Waals surface area (Å²) >= 11 is 1.81. The molecule has 1 aromatic heterocycles. The number of fused-ring (bicyclic) bond motifs is 1. The van der Waals surface area contributed by atoms with Crippen LogP contribution in [-0.4, -0.2) is 42.0 Å². The van der Waals surface area contributed by atoms with Crippen molar-refractivity contribution in [2.45, 2.75) is 18.8 Å². The zero-order chi connectivity index (χ0) is 19.3. The maximum atomic E-state index is 12.9. The maximum Gasteiger partial charge on any atom is 0.241 e. The highest BCUT2D eigenvalue weighted by Crippen LogP contribution is 2.33. The monoisotopic (exact) mass is 391 g/mol. The van der Waals surface area contributed by atoms with Gasteiger partial charge in [-0.3, -0.25) is 9.69 Å². The van der Waals surface area contributed by atoms with Crippen molar-refractivity contribution >= 4 is 33.1 Å². The van der Waals surface area contributed by atoms with Gasteiger partial charge in [-0.15, -0.1) is 17.9 Å². The van der Waals surface area contributed by atoms with Crippen molar-refractivity contribution in [3.05, 3.63) is 72.3 Å². The summed E-state index contributed by atoms with van der Waals surface area (Å²) in [6.07, 6.45) is 3.89. The fourth-order valence-electron chi connectivity index (χ4n) is 3.77. The number of carbonyl (C=O) groups excluding carboxylic acids is 1. The fourth-order valence-corrected chi connectivity index (χ4v) is 4.90. The first kappa shape index (κ1) is 18.8. The van der Waals surface area contributed by atoms with Crippen LogP contribution in [0.5, 0.6) is 0 Å². The molecule has 144 valence electrons. The molecule has 3 aromatic rings. The van der Waals surface area contributed by atoms with Crippen molar-refractivity contribution in [1.29, 1.82) is 0 Å². The summed E-state index contributed by atoms with van der Waals surface area (Å²) in [6, 6.07) is 18.2. The first-order valence-electron chi connectivity index (χ1n) is 9.78. The number of aromatic nitrogens is 1. The number of piperidine rings is 1. The van der Waals surface area contributed by atoms with Gasteiger partial charge in [0.05, 0.1) is 21.8 Å². The van der Waals surface area contributed by atoms with Gasteiger partial charge in [-0.1, -0.05) is 36.4 Å². The molecule has 2 aromatic carbocycles. The van der Waals surface area contributed by atoms with Gasteiger partial charge in [0.1, 0.15) is 0 Å². The molecule has 1 saturated heterocycles. The van der Waals surface area contributed by atoms with Crippen LogP contribution in [0.4, 0.5) is 5.69 Å². The summed E-state index contributed by atoms with van der Waals surface area (Å²) in [5.41, 5.74) is 2.03. The van der Waals surface area contributed by atoms with Crippen LogP contribution in [0, 0.1) is 0 Å². The maximum absolute atomic E-state index is 12.9. The Morgan fingerprint density at radius 1 is 1.14 bits per heavy atom. The first-order chi connectivity index (χ1) is 13.7. The number of hydrogen-bond donors (Lipinski definition) is 0. The number of carbonyl (C=O) groups is 1. The van der Waals surface area contributed by atoms with Crippen LogP contribution in [0.2, 0.25) is 0 Å². The van der Waals surface area contributed by atoms with E-state index in [1.165, 1.54) is 9.71 Å². The van der Waals surface area contributed by atoms with Crippen molar-refractivity contribution in [1.82, 2.24) is 9.88 Å². The van der Waals surface area contributed by atoms with E-state index in [0.717, 1.165) is 37.1 Å². The molecule has 0 bridgehead atoms. The molecule has 1 amide bonds. The molecule has 4 rings (SSSR count). The number of para-hydroxylation sites is 2. The number of thiazole rings is 1. The zero-order valence-electron chi connectivity index (χ0n) is 16.0. The van der Waals surface area contributed by atoms with E-state index in [2.05, 4.69) is 29.7 Å². The van der Waals surface area contributed by atoms with E-state index < -0.39 is 0 Å². The van der Waals surface area contributed by atoms with E-state index >= 15 is 0 Å². The van der Waals surface area contributed by atoms with Crippen molar-refractivity contribution in [3.63, 3.8) is 0 Å². The fraction of sp³-hybridized carbons (Fsp3) is 0.304. The van der Waals surface area contributed by atoms with E-state index in [1.54, 1.807) is 6.08 Å². The van der Waals surface area contributed by atoms with Crippen LogP contribution in [0.15, 0.2) is 67.3 Å². The number of benzene rings is 2. The van der Waals surface area contributed by atoms with Crippen molar-refractivity contribution in [2.24, 2.45) is 0 Å². The van der Waals surface area contributed by atoms with E-state index in [0.29, 0.717) is 19.0 Å². The highest BCUT2D eigenvalue weighted by Gasteiger charge is 2.26. The summed E-state index contributed by atoms with van der Waals surface area (Å²) in [6.45, 7) is 6.66. The minimum atomic E-state index is 0.129. The first-order valence-corrected chi connectivity index (χ1v) is 10.6. The zero-order valence-corrected chi connectivity index (χ0v) is 16.8. The molecule has 0 atom stereocenters. The number of anilines is 1. The van der Waals surface area contributed by atoms with E-state index in [9.17, 15) is 4.79 Å². The molecule has 5 heteroatoms. The summed E-state index contributed by atoms with van der Waals surface area (Å²) in [5.74, 6) is 0.631. The van der Waals surface area contributed by atoms with Gasteiger partial charge in [0.2, 0.25) is 5.91 Å². The lowest BCUT2D eigenvalue weighted by molar-refractivity contribution is -0.119. The molecule has 1 aliphatic heterocycles. The van der Waals surface area contributed by atoms with E-state index in [-0.39, 0.29) is 5.91 Å². The van der Waals surface area contributed by atoms with Crippen LogP contribution in [0.25, 0.3) is 10.2 Å². The Hall–Kier alpha value is -2.50. The molecule has 0 radical (unpaired) electrons. The summed E-state index contributed by atoms with van der Waals surface area (Å²) in [7, 11) is 0. The number of amides is 1. The SMILES string of the molecule is C=CCN(C(=O)CN1CCC(c2nc3ccccc3s2)CC1)c1ccccc1. The lowest BCUT2D eigenvalue weighted by atomic mass is 9.97. The van der Waals surface area contributed by atoms with Gasteiger partial charge in [-0.05, 0) is 50.2 Å². The molecule has 1 fully saturated rings. The van der Waals surface area contributed by atoms with Crippen LogP contribution < -0.4 is 4.90 Å². The number of rotatable bonds is 6. The second-order valence-electron chi connectivity index (χ2n) is 7.20. The van der Waals surface area contributed by atoms with Crippen molar-refractivity contribution in [3.8, 4) is 0 Å². The minimum Gasteiger partial charge on any atom is -0.308 e. The van der Waals surface area contributed by atoms with Gasteiger partial charge in [0, 0.05) is 18.2 Å².